The summed E-state index contributed by atoms with van der Waals surface area (Å²) in [5.41, 5.74) is 1.19. The summed E-state index contributed by atoms with van der Waals surface area (Å²) >= 11 is 18.3. The van der Waals surface area contributed by atoms with E-state index in [1.165, 1.54) is 19.3 Å². The van der Waals surface area contributed by atoms with Gasteiger partial charge in [-0.1, -0.05) is 34.5 Å². The van der Waals surface area contributed by atoms with Gasteiger partial charge in [-0.2, -0.15) is 0 Å². The number of anilines is 1. The van der Waals surface area contributed by atoms with Gasteiger partial charge in [-0.15, -0.1) is 0 Å². The zero-order valence-electron chi connectivity index (χ0n) is 16.2. The van der Waals surface area contributed by atoms with E-state index in [4.69, 9.17) is 39.8 Å². The van der Waals surface area contributed by atoms with Crippen LogP contribution in [0.15, 0.2) is 40.8 Å². The quantitative estimate of drug-likeness (QED) is 0.280. The Balaban J connectivity index is 1.59. The van der Waals surface area contributed by atoms with Gasteiger partial charge in [0, 0.05) is 16.7 Å². The van der Waals surface area contributed by atoms with Crippen molar-refractivity contribution < 1.29 is 18.7 Å². The molecule has 1 aromatic carbocycles. The van der Waals surface area contributed by atoms with Crippen molar-refractivity contribution in [2.75, 3.05) is 12.4 Å². The summed E-state index contributed by atoms with van der Waals surface area (Å²) in [5.74, 6) is 0.0351. The van der Waals surface area contributed by atoms with Crippen LogP contribution in [0, 0.1) is 6.92 Å². The minimum absolute atomic E-state index is 0.0351. The highest BCUT2D eigenvalue weighted by Gasteiger charge is 2.16. The van der Waals surface area contributed by atoms with Gasteiger partial charge in [0.1, 0.15) is 16.4 Å². The van der Waals surface area contributed by atoms with E-state index >= 15 is 0 Å². The Labute approximate surface area is 197 Å². The number of thiocarbonyl (C=S) groups is 1. The molecule has 0 saturated carbocycles. The number of thiazole rings is 1. The smallest absolute Gasteiger partial charge is 0.350 e. The maximum Gasteiger partial charge on any atom is 0.350 e. The predicted octanol–water partition coefficient (Wildman–Crippen LogP) is 5.33. The number of nitrogens with zero attached hydrogens (tertiary/aromatic N) is 1. The number of aromatic nitrogens is 1. The van der Waals surface area contributed by atoms with Crippen molar-refractivity contribution in [1.29, 1.82) is 0 Å². The van der Waals surface area contributed by atoms with Crippen molar-refractivity contribution in [3.63, 3.8) is 0 Å². The third kappa shape index (κ3) is 5.92. The van der Waals surface area contributed by atoms with Gasteiger partial charge in [0.25, 0.3) is 0 Å². The Morgan fingerprint density at radius 3 is 2.74 bits per heavy atom. The fourth-order valence-corrected chi connectivity index (χ4v) is 4.10. The Morgan fingerprint density at radius 1 is 1.26 bits per heavy atom. The number of methoxy groups -OCH3 is 1. The van der Waals surface area contributed by atoms with E-state index in [2.05, 4.69) is 20.4 Å². The van der Waals surface area contributed by atoms with Gasteiger partial charge in [0.2, 0.25) is 5.91 Å². The molecule has 160 valence electrons. The second kappa shape index (κ2) is 10.1. The van der Waals surface area contributed by atoms with Crippen LogP contribution in [0.25, 0.3) is 17.4 Å². The number of esters is 1. The molecule has 0 aliphatic carbocycles. The Hall–Kier alpha value is -2.72. The molecule has 7 nitrogen and oxygen atoms in total. The van der Waals surface area contributed by atoms with Gasteiger partial charge in [-0.3, -0.25) is 10.1 Å². The van der Waals surface area contributed by atoms with Crippen molar-refractivity contribution in [3.05, 3.63) is 62.8 Å². The fourth-order valence-electron chi connectivity index (χ4n) is 2.45. The molecule has 31 heavy (non-hydrogen) atoms. The van der Waals surface area contributed by atoms with Crippen molar-refractivity contribution >= 4 is 75.0 Å². The van der Waals surface area contributed by atoms with Crippen LogP contribution in [0.2, 0.25) is 10.0 Å². The number of benzene rings is 1. The first-order chi connectivity index (χ1) is 14.8. The number of hydrogen-bond acceptors (Lipinski definition) is 7. The summed E-state index contributed by atoms with van der Waals surface area (Å²) in [6.07, 6.45) is 2.77. The van der Waals surface area contributed by atoms with Gasteiger partial charge in [-0.25, -0.2) is 9.78 Å². The van der Waals surface area contributed by atoms with E-state index in [0.717, 1.165) is 11.3 Å². The maximum atomic E-state index is 12.1. The topological polar surface area (TPSA) is 93.5 Å². The highest BCUT2D eigenvalue weighted by atomic mass is 35.5. The first-order valence-electron chi connectivity index (χ1n) is 8.68. The predicted molar refractivity (Wildman–Crippen MR) is 126 cm³/mol. The zero-order valence-corrected chi connectivity index (χ0v) is 19.3. The molecular formula is C20H15Cl2N3O4S2. The summed E-state index contributed by atoms with van der Waals surface area (Å²) in [6.45, 7) is 1.67. The molecule has 0 aliphatic rings. The third-order valence-corrected chi connectivity index (χ3v) is 5.65. The van der Waals surface area contributed by atoms with Crippen LogP contribution >= 0.6 is 46.8 Å². The molecule has 0 saturated heterocycles. The summed E-state index contributed by atoms with van der Waals surface area (Å²) in [7, 11) is 1.29. The van der Waals surface area contributed by atoms with Gasteiger partial charge in [-0.05, 0) is 55.5 Å². The highest BCUT2D eigenvalue weighted by Crippen LogP contribution is 2.31. The molecule has 2 aromatic heterocycles. The average Bonchev–Trinajstić information content (AvgIpc) is 3.32. The zero-order chi connectivity index (χ0) is 22.5. The minimum Gasteiger partial charge on any atom is -0.465 e. The number of amides is 1. The Bertz CT molecular complexity index is 1190. The lowest BCUT2D eigenvalue weighted by atomic mass is 10.2. The summed E-state index contributed by atoms with van der Waals surface area (Å²) in [4.78, 5) is 28.3. The van der Waals surface area contributed by atoms with E-state index in [1.54, 1.807) is 37.3 Å². The molecule has 0 radical (unpaired) electrons. The molecular weight excluding hydrogens is 481 g/mol. The molecule has 3 aromatic rings. The molecule has 0 unspecified atom stereocenters. The molecule has 0 spiro atoms. The van der Waals surface area contributed by atoms with E-state index < -0.39 is 11.9 Å². The first-order valence-corrected chi connectivity index (χ1v) is 10.7. The van der Waals surface area contributed by atoms with Crippen molar-refractivity contribution in [2.45, 2.75) is 6.92 Å². The van der Waals surface area contributed by atoms with Crippen molar-refractivity contribution in [2.24, 2.45) is 0 Å². The van der Waals surface area contributed by atoms with Crippen LogP contribution in [0.4, 0.5) is 5.13 Å². The molecule has 11 heteroatoms. The maximum absolute atomic E-state index is 12.1. The molecule has 0 fully saturated rings. The number of halogens is 2. The summed E-state index contributed by atoms with van der Waals surface area (Å²) in [6, 6.07) is 8.52. The third-order valence-electron chi connectivity index (χ3n) is 3.85. The van der Waals surface area contributed by atoms with Crippen molar-refractivity contribution in [1.82, 2.24) is 10.3 Å². The molecule has 0 bridgehead atoms. The molecule has 3 rings (SSSR count). The lowest BCUT2D eigenvalue weighted by Crippen LogP contribution is -2.32. The van der Waals surface area contributed by atoms with Crippen LogP contribution in [0.5, 0.6) is 0 Å². The average molecular weight is 496 g/mol. The SMILES string of the molecule is COC(=O)c1sc(NC(=S)NC(=O)/C=C/c2ccc(-c3ccc(Cl)cc3Cl)o2)nc1C. The van der Waals surface area contributed by atoms with Gasteiger partial charge in [0.15, 0.2) is 10.2 Å². The normalized spacial score (nSPS) is 10.8. The number of carbonyl (C=O) groups is 2. The molecule has 0 atom stereocenters. The largest absolute Gasteiger partial charge is 0.465 e. The van der Waals surface area contributed by atoms with Crippen molar-refractivity contribution in [3.8, 4) is 11.3 Å². The van der Waals surface area contributed by atoms with Crippen LogP contribution in [0.1, 0.15) is 21.1 Å². The van der Waals surface area contributed by atoms with E-state index in [9.17, 15) is 9.59 Å². The van der Waals surface area contributed by atoms with Gasteiger partial charge < -0.3 is 14.5 Å². The minimum atomic E-state index is -0.487. The Kier molecular flexibility index (Phi) is 7.45. The van der Waals surface area contributed by atoms with E-state index in [-0.39, 0.29) is 5.11 Å². The molecule has 2 N–H and O–H groups in total. The van der Waals surface area contributed by atoms with Gasteiger partial charge >= 0.3 is 5.97 Å². The molecule has 0 aliphatic heterocycles. The van der Waals surface area contributed by atoms with Gasteiger partial charge in [0.05, 0.1) is 17.8 Å². The second-order valence-corrected chi connectivity index (χ2v) is 8.28. The number of furan rings is 1. The van der Waals surface area contributed by atoms with Crippen LogP contribution in [-0.2, 0) is 9.53 Å². The number of ether oxygens (including phenoxy) is 1. The van der Waals surface area contributed by atoms with Crippen LogP contribution in [0.3, 0.4) is 0 Å². The number of rotatable bonds is 5. The number of carbonyl (C=O) groups excluding carboxylic acids is 2. The summed E-state index contributed by atoms with van der Waals surface area (Å²) < 4.78 is 10.4. The van der Waals surface area contributed by atoms with E-state index in [0.29, 0.717) is 42.8 Å². The molecule has 2 heterocycles. The van der Waals surface area contributed by atoms with Crippen LogP contribution in [-0.4, -0.2) is 29.1 Å². The molecule has 1 amide bonds. The number of nitrogens with one attached hydrogen (secondary N) is 2. The lowest BCUT2D eigenvalue weighted by Gasteiger charge is -2.04. The standard InChI is InChI=1S/C20H15Cl2N3O4S2/c1-10-17(18(27)28-2)31-20(23-10)25-19(30)24-16(26)8-5-12-4-7-15(29-12)13-6-3-11(21)9-14(13)22/h3-9H,1-2H3,(H2,23,24,25,26,30)/b8-5+. The summed E-state index contributed by atoms with van der Waals surface area (Å²) in [5, 5.41) is 6.64. The first kappa shape index (κ1) is 23.0. The highest BCUT2D eigenvalue weighted by molar-refractivity contribution is 7.80. The second-order valence-electron chi connectivity index (χ2n) is 6.03. The fraction of sp³-hybridized carbons (Fsp3) is 0.100. The Morgan fingerprint density at radius 2 is 2.03 bits per heavy atom. The van der Waals surface area contributed by atoms with E-state index in [1.807, 2.05) is 0 Å². The number of aryl methyl sites for hydroxylation is 1. The lowest BCUT2D eigenvalue weighted by molar-refractivity contribution is -0.115. The monoisotopic (exact) mass is 495 g/mol. The van der Waals surface area contributed by atoms with Crippen LogP contribution < -0.4 is 10.6 Å². The number of hydrogen-bond donors (Lipinski definition) is 2.